The molecule has 96 valence electrons. The number of hydrogen-bond donors (Lipinski definition) is 1. The Bertz CT molecular complexity index is 927. The van der Waals surface area contributed by atoms with Gasteiger partial charge in [0.25, 0.3) is 0 Å². The quantitative estimate of drug-likeness (QED) is 0.566. The number of nitrogen functional groups attached to an aromatic ring is 1. The van der Waals surface area contributed by atoms with Crippen molar-refractivity contribution in [1.29, 1.82) is 0 Å². The fraction of sp³-hybridized carbons (Fsp3) is 0. The molecule has 4 aromatic rings. The Morgan fingerprint density at radius 1 is 0.950 bits per heavy atom. The molecule has 6 nitrogen and oxygen atoms in total. The fourth-order valence-corrected chi connectivity index (χ4v) is 2.22. The molecule has 0 unspecified atom stereocenters. The molecule has 0 aliphatic carbocycles. The number of rotatable bonds is 1. The second-order valence-electron chi connectivity index (χ2n) is 4.43. The Morgan fingerprint density at radius 2 is 1.80 bits per heavy atom. The van der Waals surface area contributed by atoms with Crippen LogP contribution in [0.4, 0.5) is 5.82 Å². The number of anilines is 1. The average Bonchev–Trinajstić information content (AvgIpc) is 2.96. The van der Waals surface area contributed by atoms with Crippen LogP contribution in [0.2, 0.25) is 0 Å². The van der Waals surface area contributed by atoms with Crippen LogP contribution in [0.3, 0.4) is 0 Å². The van der Waals surface area contributed by atoms with Gasteiger partial charge in [-0.05, 0) is 12.1 Å². The lowest BCUT2D eigenvalue weighted by Crippen LogP contribution is -1.98. The summed E-state index contributed by atoms with van der Waals surface area (Å²) in [5.74, 6) is 0.409. The van der Waals surface area contributed by atoms with Crippen molar-refractivity contribution in [3.63, 3.8) is 0 Å². The Morgan fingerprint density at radius 3 is 2.70 bits per heavy atom. The van der Waals surface area contributed by atoms with Gasteiger partial charge in [0, 0.05) is 36.5 Å². The largest absolute Gasteiger partial charge is 0.381 e. The topological polar surface area (TPSA) is 82.0 Å². The van der Waals surface area contributed by atoms with Gasteiger partial charge in [-0.2, -0.15) is 0 Å². The summed E-state index contributed by atoms with van der Waals surface area (Å²) in [6, 6.07) is 5.84. The summed E-state index contributed by atoms with van der Waals surface area (Å²) in [5, 5.41) is 0. The summed E-state index contributed by atoms with van der Waals surface area (Å²) in [6.45, 7) is 0. The van der Waals surface area contributed by atoms with E-state index in [2.05, 4.69) is 19.9 Å². The molecular formula is C14H10N6. The van der Waals surface area contributed by atoms with E-state index in [1.54, 1.807) is 18.6 Å². The molecule has 0 fully saturated rings. The highest BCUT2D eigenvalue weighted by molar-refractivity contribution is 5.80. The molecule has 0 saturated carbocycles. The van der Waals surface area contributed by atoms with Gasteiger partial charge in [0.1, 0.15) is 0 Å². The van der Waals surface area contributed by atoms with E-state index in [4.69, 9.17) is 5.73 Å². The maximum absolute atomic E-state index is 5.93. The summed E-state index contributed by atoms with van der Waals surface area (Å²) in [5.41, 5.74) is 10.00. The van der Waals surface area contributed by atoms with Crippen LogP contribution in [0.15, 0.2) is 49.2 Å². The Hall–Kier alpha value is -3.02. The van der Waals surface area contributed by atoms with Crippen molar-refractivity contribution in [2.45, 2.75) is 0 Å². The second-order valence-corrected chi connectivity index (χ2v) is 4.43. The van der Waals surface area contributed by atoms with Gasteiger partial charge in [-0.1, -0.05) is 6.07 Å². The van der Waals surface area contributed by atoms with E-state index in [0.717, 1.165) is 22.3 Å². The molecule has 20 heavy (non-hydrogen) atoms. The summed E-state index contributed by atoms with van der Waals surface area (Å²) in [4.78, 5) is 17.1. The Labute approximate surface area is 114 Å². The molecular weight excluding hydrogens is 252 g/mol. The molecule has 0 atom stereocenters. The second kappa shape index (κ2) is 3.99. The molecule has 4 rings (SSSR count). The number of nitrogens with two attached hydrogens (primary N) is 1. The number of nitrogens with zero attached hydrogens (tertiary/aromatic N) is 5. The predicted molar refractivity (Wildman–Crippen MR) is 75.9 cm³/mol. The fourth-order valence-electron chi connectivity index (χ4n) is 2.22. The van der Waals surface area contributed by atoms with Crippen molar-refractivity contribution in [2.75, 3.05) is 5.73 Å². The van der Waals surface area contributed by atoms with Crippen LogP contribution >= 0.6 is 0 Å². The highest BCUT2D eigenvalue weighted by Crippen LogP contribution is 2.22. The van der Waals surface area contributed by atoms with Gasteiger partial charge in [0.15, 0.2) is 11.5 Å². The van der Waals surface area contributed by atoms with Gasteiger partial charge in [-0.3, -0.25) is 9.97 Å². The zero-order chi connectivity index (χ0) is 13.5. The lowest BCUT2D eigenvalue weighted by molar-refractivity contribution is 1.14. The molecule has 6 heteroatoms. The highest BCUT2D eigenvalue weighted by Gasteiger charge is 2.07. The van der Waals surface area contributed by atoms with E-state index in [9.17, 15) is 0 Å². The first-order chi connectivity index (χ1) is 9.81. The number of benzene rings is 1. The Kier molecular flexibility index (Phi) is 2.17. The number of fused-ring (bicyclic) bond motifs is 2. The molecule has 3 aromatic heterocycles. The van der Waals surface area contributed by atoms with E-state index >= 15 is 0 Å². The lowest BCUT2D eigenvalue weighted by atomic mass is 10.1. The van der Waals surface area contributed by atoms with Crippen LogP contribution in [-0.4, -0.2) is 24.3 Å². The molecule has 0 bridgehead atoms. The third kappa shape index (κ3) is 1.58. The van der Waals surface area contributed by atoms with Gasteiger partial charge in [-0.25, -0.2) is 9.97 Å². The predicted octanol–water partition coefficient (Wildman–Crippen LogP) is 1.92. The molecule has 0 amide bonds. The van der Waals surface area contributed by atoms with Crippen LogP contribution in [-0.2, 0) is 0 Å². The lowest BCUT2D eigenvalue weighted by Gasteiger charge is -2.05. The molecule has 1 aromatic carbocycles. The zero-order valence-electron chi connectivity index (χ0n) is 10.4. The number of hydrogen-bond acceptors (Lipinski definition) is 5. The normalized spacial score (nSPS) is 11.2. The van der Waals surface area contributed by atoms with Gasteiger partial charge >= 0.3 is 0 Å². The van der Waals surface area contributed by atoms with Crippen molar-refractivity contribution in [3.8, 4) is 11.3 Å². The van der Waals surface area contributed by atoms with Crippen LogP contribution in [0.25, 0.3) is 27.9 Å². The smallest absolute Gasteiger partial charge is 0.179 e. The monoisotopic (exact) mass is 262 g/mol. The maximum Gasteiger partial charge on any atom is 0.179 e. The molecule has 3 heterocycles. The molecule has 0 radical (unpaired) electrons. The summed E-state index contributed by atoms with van der Waals surface area (Å²) >= 11 is 0. The first-order valence-electron chi connectivity index (χ1n) is 6.11. The van der Waals surface area contributed by atoms with Crippen molar-refractivity contribution >= 4 is 22.5 Å². The van der Waals surface area contributed by atoms with Crippen molar-refractivity contribution < 1.29 is 0 Å². The molecule has 0 aliphatic heterocycles. The van der Waals surface area contributed by atoms with E-state index in [0.29, 0.717) is 11.5 Å². The third-order valence-electron chi connectivity index (χ3n) is 3.17. The number of imidazole rings is 1. The molecule has 2 N–H and O–H groups in total. The van der Waals surface area contributed by atoms with Crippen molar-refractivity contribution in [1.82, 2.24) is 24.3 Å². The molecule has 0 aliphatic rings. The minimum absolute atomic E-state index is 0.409. The minimum atomic E-state index is 0.409. The van der Waals surface area contributed by atoms with Crippen LogP contribution in [0, 0.1) is 0 Å². The third-order valence-corrected chi connectivity index (χ3v) is 3.17. The SMILES string of the molecule is Nc1nc(-c2ccc3nccnc3c2)cn2ccnc12. The standard InChI is InChI=1S/C14H10N6/c15-13-14-18-5-6-20(14)8-12(19-13)9-1-2-10-11(7-9)17-4-3-16-10/h1-8H,(H2,15,19). The minimum Gasteiger partial charge on any atom is -0.381 e. The summed E-state index contributed by atoms with van der Waals surface area (Å²) < 4.78 is 1.86. The van der Waals surface area contributed by atoms with E-state index < -0.39 is 0 Å². The van der Waals surface area contributed by atoms with Gasteiger partial charge in [0.2, 0.25) is 0 Å². The van der Waals surface area contributed by atoms with E-state index in [1.165, 1.54) is 0 Å². The van der Waals surface area contributed by atoms with E-state index in [1.807, 2.05) is 35.0 Å². The average molecular weight is 262 g/mol. The van der Waals surface area contributed by atoms with Crippen LogP contribution in [0.1, 0.15) is 0 Å². The summed E-state index contributed by atoms with van der Waals surface area (Å²) in [6.07, 6.45) is 8.79. The van der Waals surface area contributed by atoms with Crippen molar-refractivity contribution in [2.24, 2.45) is 0 Å². The maximum atomic E-state index is 5.93. The van der Waals surface area contributed by atoms with Crippen LogP contribution < -0.4 is 5.73 Å². The van der Waals surface area contributed by atoms with Crippen LogP contribution in [0.5, 0.6) is 0 Å². The first kappa shape index (κ1) is 10.9. The Balaban J connectivity index is 1.95. The zero-order valence-corrected chi connectivity index (χ0v) is 10.4. The highest BCUT2D eigenvalue weighted by atomic mass is 15.0. The van der Waals surface area contributed by atoms with Crippen molar-refractivity contribution in [3.05, 3.63) is 49.2 Å². The first-order valence-corrected chi connectivity index (χ1v) is 6.11. The van der Waals surface area contributed by atoms with E-state index in [-0.39, 0.29) is 0 Å². The van der Waals surface area contributed by atoms with Gasteiger partial charge < -0.3 is 10.1 Å². The molecule has 0 spiro atoms. The summed E-state index contributed by atoms with van der Waals surface area (Å²) in [7, 11) is 0. The number of aromatic nitrogens is 5. The van der Waals surface area contributed by atoms with Gasteiger partial charge in [-0.15, -0.1) is 0 Å². The van der Waals surface area contributed by atoms with Gasteiger partial charge in [0.05, 0.1) is 16.7 Å². The molecule has 0 saturated heterocycles.